The molecule has 33 heavy (non-hydrogen) atoms. The second kappa shape index (κ2) is 14.9. The molecule has 4 nitrogen and oxygen atoms in total. The van der Waals surface area contributed by atoms with E-state index in [2.05, 4.69) is 45.2 Å². The summed E-state index contributed by atoms with van der Waals surface area (Å²) in [6.07, 6.45) is 22.8. The van der Waals surface area contributed by atoms with Crippen molar-refractivity contribution in [3.05, 3.63) is 24.3 Å². The first kappa shape index (κ1) is 29.7. The summed E-state index contributed by atoms with van der Waals surface area (Å²) < 4.78 is 11.8. The fourth-order valence-electron chi connectivity index (χ4n) is 5.44. The number of carbonyl (C=O) groups is 1. The van der Waals surface area contributed by atoms with Crippen LogP contribution in [-0.2, 0) is 9.47 Å². The fourth-order valence-corrected chi connectivity index (χ4v) is 5.44. The maximum atomic E-state index is 12.2. The molecule has 0 aliphatic heterocycles. The van der Waals surface area contributed by atoms with Gasteiger partial charge in [0, 0.05) is 5.41 Å². The monoisotopic (exact) mass is 463 g/mol. The molecule has 0 radical (unpaired) electrons. The number of carbonyl (C=O) groups excluding carboxylic acids is 1. The number of amides is 1. The summed E-state index contributed by atoms with van der Waals surface area (Å²) in [7, 11) is 0. The highest BCUT2D eigenvalue weighted by Crippen LogP contribution is 2.66. The largest absolute Gasteiger partial charge is 0.443 e. The molecule has 3 aliphatic carbocycles. The smallest absolute Gasteiger partial charge is 0.409 e. The molecule has 3 saturated carbocycles. The molecule has 1 N–H and O–H groups in total. The van der Waals surface area contributed by atoms with Gasteiger partial charge in [-0.3, -0.25) is 5.32 Å². The van der Waals surface area contributed by atoms with E-state index in [0.29, 0.717) is 5.92 Å². The van der Waals surface area contributed by atoms with E-state index in [4.69, 9.17) is 9.47 Å². The van der Waals surface area contributed by atoms with Crippen molar-refractivity contribution < 1.29 is 14.3 Å². The normalized spacial score (nSPS) is 24.6. The minimum Gasteiger partial charge on any atom is -0.443 e. The van der Waals surface area contributed by atoms with Crippen molar-refractivity contribution in [3.8, 4) is 0 Å². The topological polar surface area (TPSA) is 47.6 Å². The molecule has 0 heterocycles. The maximum Gasteiger partial charge on any atom is 0.409 e. The first-order chi connectivity index (χ1) is 15.8. The zero-order valence-corrected chi connectivity index (χ0v) is 22.8. The predicted molar refractivity (Wildman–Crippen MR) is 140 cm³/mol. The Bertz CT molecular complexity index is 598. The van der Waals surface area contributed by atoms with Gasteiger partial charge in [0.1, 0.15) is 12.3 Å². The van der Waals surface area contributed by atoms with Crippen LogP contribution in [-0.4, -0.2) is 24.0 Å². The molecule has 3 fully saturated rings. The number of alkyl carbamates (subject to hydrolysis) is 1. The van der Waals surface area contributed by atoms with Crippen LogP contribution in [0.4, 0.5) is 4.79 Å². The second-order valence-electron chi connectivity index (χ2n) is 10.4. The van der Waals surface area contributed by atoms with Crippen molar-refractivity contribution in [2.45, 2.75) is 137 Å². The molecule has 0 bridgehead atoms. The van der Waals surface area contributed by atoms with Gasteiger partial charge >= 0.3 is 6.09 Å². The van der Waals surface area contributed by atoms with Gasteiger partial charge in [-0.2, -0.15) is 0 Å². The van der Waals surface area contributed by atoms with E-state index < -0.39 is 0 Å². The van der Waals surface area contributed by atoms with Crippen LogP contribution in [0.5, 0.6) is 0 Å². The van der Waals surface area contributed by atoms with E-state index in [1.165, 1.54) is 64.2 Å². The molecule has 1 atom stereocenters. The molecule has 4 heteroatoms. The Morgan fingerprint density at radius 1 is 1.03 bits per heavy atom. The first-order valence-electron chi connectivity index (χ1n) is 13.7. The third-order valence-electron chi connectivity index (χ3n) is 7.73. The van der Waals surface area contributed by atoms with Crippen molar-refractivity contribution in [1.82, 2.24) is 5.32 Å². The van der Waals surface area contributed by atoms with E-state index >= 15 is 0 Å². The molecule has 3 rings (SSSR count). The van der Waals surface area contributed by atoms with E-state index in [1.54, 1.807) is 0 Å². The zero-order valence-electron chi connectivity index (χ0n) is 22.8. The van der Waals surface area contributed by atoms with Crippen LogP contribution in [0.3, 0.4) is 0 Å². The van der Waals surface area contributed by atoms with E-state index in [-0.39, 0.29) is 29.4 Å². The number of allylic oxidation sites excluding steroid dienone is 4. The Hall–Kier alpha value is -1.29. The lowest BCUT2D eigenvalue weighted by molar-refractivity contribution is -0.0771. The molecule has 0 aromatic rings. The molecule has 192 valence electrons. The van der Waals surface area contributed by atoms with Gasteiger partial charge < -0.3 is 9.47 Å². The number of hydrogen-bond acceptors (Lipinski definition) is 3. The summed E-state index contributed by atoms with van der Waals surface area (Å²) in [5.41, 5.74) is -0.164. The average Bonchev–Trinajstić information content (AvgIpc) is 3.37. The first-order valence-corrected chi connectivity index (χ1v) is 13.7. The number of nitrogens with one attached hydrogen (secondary N) is 1. The van der Waals surface area contributed by atoms with E-state index in [9.17, 15) is 4.79 Å². The average molecular weight is 464 g/mol. The standard InChI is InChI=1S/C20H35NO3.C7H12.C2H6/c1-18(2,16-10-6-4-7-11-16)23-15-21-17(22)24-19(3)14-20(19)12-8-5-9-13-20;1-3-5-7-6-4-2;1-2/h16H,4-15H2,1-3H3,(H,21,22);3,5-7H,4H2,1-2H3;1-2H3/b;5-3-,7-6-;. The molecular formula is C29H53NO3. The molecule has 1 amide bonds. The van der Waals surface area contributed by atoms with Gasteiger partial charge in [-0.25, -0.2) is 4.79 Å². The molecule has 1 spiro atoms. The third kappa shape index (κ3) is 9.47. The van der Waals surface area contributed by atoms with E-state index in [1.807, 2.05) is 32.9 Å². The summed E-state index contributed by atoms with van der Waals surface area (Å²) in [5.74, 6) is 0.593. The predicted octanol–water partition coefficient (Wildman–Crippen LogP) is 8.71. The second-order valence-corrected chi connectivity index (χ2v) is 10.4. The molecule has 0 aromatic carbocycles. The Morgan fingerprint density at radius 2 is 1.64 bits per heavy atom. The van der Waals surface area contributed by atoms with Gasteiger partial charge in [-0.15, -0.1) is 0 Å². The Morgan fingerprint density at radius 3 is 2.21 bits per heavy atom. The van der Waals surface area contributed by atoms with Crippen LogP contribution >= 0.6 is 0 Å². The fraction of sp³-hybridized carbons (Fsp3) is 0.828. The van der Waals surface area contributed by atoms with Gasteiger partial charge in [0.25, 0.3) is 0 Å². The van der Waals surface area contributed by atoms with Gasteiger partial charge in [-0.05, 0) is 72.1 Å². The SMILES string of the molecule is C/C=C\C=C/CC.CC.CC(C)(OCNC(=O)OC1(C)CC12CCCCC2)C1CCCCC1. The lowest BCUT2D eigenvalue weighted by Gasteiger charge is -2.36. The molecular weight excluding hydrogens is 410 g/mol. The summed E-state index contributed by atoms with van der Waals surface area (Å²) >= 11 is 0. The zero-order chi connectivity index (χ0) is 24.8. The van der Waals surface area contributed by atoms with Crippen molar-refractivity contribution in [2.24, 2.45) is 11.3 Å². The van der Waals surface area contributed by atoms with Crippen LogP contribution in [0.2, 0.25) is 0 Å². The van der Waals surface area contributed by atoms with Crippen LogP contribution in [0.25, 0.3) is 0 Å². The van der Waals surface area contributed by atoms with Crippen molar-refractivity contribution in [2.75, 3.05) is 6.73 Å². The van der Waals surface area contributed by atoms with Gasteiger partial charge in [-0.1, -0.05) is 83.6 Å². The Labute approximate surface area is 205 Å². The van der Waals surface area contributed by atoms with Gasteiger partial charge in [0.05, 0.1) is 5.60 Å². The molecule has 0 aromatic heterocycles. The van der Waals surface area contributed by atoms with Crippen molar-refractivity contribution >= 4 is 6.09 Å². The van der Waals surface area contributed by atoms with E-state index in [0.717, 1.165) is 12.8 Å². The number of rotatable bonds is 7. The lowest BCUT2D eigenvalue weighted by atomic mass is 9.79. The Kier molecular flexibility index (Phi) is 13.4. The van der Waals surface area contributed by atoms with Gasteiger partial charge in [0.15, 0.2) is 0 Å². The van der Waals surface area contributed by atoms with Crippen LogP contribution in [0.1, 0.15) is 126 Å². The highest BCUT2D eigenvalue weighted by molar-refractivity contribution is 5.68. The van der Waals surface area contributed by atoms with Crippen LogP contribution < -0.4 is 5.32 Å². The summed E-state index contributed by atoms with van der Waals surface area (Å²) in [4.78, 5) is 12.2. The maximum absolute atomic E-state index is 12.2. The highest BCUT2D eigenvalue weighted by atomic mass is 16.6. The minimum atomic E-state index is -0.320. The minimum absolute atomic E-state index is 0.179. The summed E-state index contributed by atoms with van der Waals surface area (Å²) in [5, 5.41) is 2.81. The van der Waals surface area contributed by atoms with Crippen molar-refractivity contribution in [3.63, 3.8) is 0 Å². The number of ether oxygens (including phenoxy) is 2. The van der Waals surface area contributed by atoms with Crippen LogP contribution in [0, 0.1) is 11.3 Å². The number of hydrogen-bond donors (Lipinski definition) is 1. The quantitative estimate of drug-likeness (QED) is 0.303. The lowest BCUT2D eigenvalue weighted by Crippen LogP contribution is -2.41. The molecule has 0 saturated heterocycles. The highest BCUT2D eigenvalue weighted by Gasteiger charge is 2.66. The molecule has 3 aliphatic rings. The Balaban J connectivity index is 0.000000520. The third-order valence-corrected chi connectivity index (χ3v) is 7.73. The van der Waals surface area contributed by atoms with Crippen molar-refractivity contribution in [1.29, 1.82) is 0 Å². The summed E-state index contributed by atoms with van der Waals surface area (Å²) in [6, 6.07) is 0. The summed E-state index contributed by atoms with van der Waals surface area (Å²) in [6.45, 7) is 14.8. The van der Waals surface area contributed by atoms with Gasteiger partial charge in [0.2, 0.25) is 0 Å². The molecule has 1 unspecified atom stereocenters. The van der Waals surface area contributed by atoms with Crippen LogP contribution in [0.15, 0.2) is 24.3 Å².